The Balaban J connectivity index is 0.000000795. The molecule has 0 aliphatic carbocycles. The molecule has 1 aliphatic rings. The van der Waals surface area contributed by atoms with E-state index in [-0.39, 0.29) is 17.0 Å². The fourth-order valence-corrected chi connectivity index (χ4v) is 6.61. The third-order valence-corrected chi connectivity index (χ3v) is 8.27. The Kier molecular flexibility index (Phi) is 7.86. The summed E-state index contributed by atoms with van der Waals surface area (Å²) in [6.45, 7) is 12.5. The van der Waals surface area contributed by atoms with Crippen LogP contribution < -0.4 is 9.83 Å². The average molecular weight is 517 g/mol. The SMILES string of the molecule is CC(C)(C)c1cc(CP2(=O)Oc3ccccc3-c3ccccc32)cc(C(C)(C)C)c1O.OP(O)O. The standard InChI is InChI=1S/C27H31O3P.H3O3P/c1-26(2,3)21-15-18(16-22(25(21)28)27(4,5)6)17-31(29)24-14-10-8-12-20(24)19-11-7-9-13-23(19)30-31;1-4(2)3/h7-16,28H,17H2,1-6H3;1-3H. The lowest BCUT2D eigenvalue weighted by atomic mass is 9.78. The van der Waals surface area contributed by atoms with E-state index in [1.54, 1.807) is 0 Å². The van der Waals surface area contributed by atoms with E-state index < -0.39 is 16.0 Å². The molecule has 1 atom stereocenters. The summed E-state index contributed by atoms with van der Waals surface area (Å²) in [5.41, 5.74) is 4.11. The number of para-hydroxylation sites is 1. The van der Waals surface area contributed by atoms with Gasteiger partial charge in [-0.1, -0.05) is 90.1 Å². The quantitative estimate of drug-likeness (QED) is 0.296. The second-order valence-corrected chi connectivity index (χ2v) is 13.6. The van der Waals surface area contributed by atoms with Gasteiger partial charge in [0.25, 0.3) is 7.37 Å². The lowest BCUT2D eigenvalue weighted by Gasteiger charge is -2.31. The molecule has 35 heavy (non-hydrogen) atoms. The maximum Gasteiger partial charge on any atom is 0.324 e. The van der Waals surface area contributed by atoms with Crippen LogP contribution in [0.25, 0.3) is 11.1 Å². The molecule has 6 nitrogen and oxygen atoms in total. The summed E-state index contributed by atoms with van der Waals surface area (Å²) in [6.07, 6.45) is 0.283. The van der Waals surface area contributed by atoms with Gasteiger partial charge in [-0.25, -0.2) is 0 Å². The first kappa shape index (κ1) is 27.4. The maximum atomic E-state index is 14.3. The highest BCUT2D eigenvalue weighted by molar-refractivity contribution is 7.67. The van der Waals surface area contributed by atoms with E-state index in [1.165, 1.54) is 0 Å². The second-order valence-electron chi connectivity index (χ2n) is 10.7. The molecule has 1 heterocycles. The summed E-state index contributed by atoms with van der Waals surface area (Å²) in [6, 6.07) is 19.6. The zero-order valence-corrected chi connectivity index (χ0v) is 22.8. The van der Waals surface area contributed by atoms with Crippen LogP contribution in [0.15, 0.2) is 60.7 Å². The molecule has 0 aromatic heterocycles. The Labute approximate surface area is 208 Å². The number of phenolic OH excluding ortho intramolecular Hbond substituents is 1. The highest BCUT2D eigenvalue weighted by atomic mass is 31.2. The summed E-state index contributed by atoms with van der Waals surface area (Å²) in [5.74, 6) is 0.993. The van der Waals surface area contributed by atoms with Gasteiger partial charge in [0.15, 0.2) is 0 Å². The molecule has 0 saturated carbocycles. The predicted octanol–water partition coefficient (Wildman–Crippen LogP) is 6.34. The van der Waals surface area contributed by atoms with E-state index in [2.05, 4.69) is 41.5 Å². The van der Waals surface area contributed by atoms with E-state index in [9.17, 15) is 9.67 Å². The van der Waals surface area contributed by atoms with Crippen LogP contribution in [0.4, 0.5) is 0 Å². The molecule has 0 radical (unpaired) electrons. The van der Waals surface area contributed by atoms with Crippen molar-refractivity contribution in [1.82, 2.24) is 0 Å². The van der Waals surface area contributed by atoms with Gasteiger partial charge in [0.2, 0.25) is 0 Å². The van der Waals surface area contributed by atoms with Crippen molar-refractivity contribution >= 4 is 21.3 Å². The van der Waals surface area contributed by atoms with Gasteiger partial charge in [-0.05, 0) is 45.2 Å². The molecule has 4 N–H and O–H groups in total. The van der Waals surface area contributed by atoms with Crippen molar-refractivity contribution in [2.75, 3.05) is 0 Å². The minimum absolute atomic E-state index is 0.244. The normalized spacial score (nSPS) is 17.1. The molecular formula is C27H34O6P2. The van der Waals surface area contributed by atoms with Crippen LogP contribution in [-0.2, 0) is 21.6 Å². The molecule has 0 spiro atoms. The van der Waals surface area contributed by atoms with Gasteiger partial charge >= 0.3 is 8.60 Å². The number of fused-ring (bicyclic) bond motifs is 3. The highest BCUT2D eigenvalue weighted by Gasteiger charge is 2.37. The van der Waals surface area contributed by atoms with Gasteiger partial charge in [-0.15, -0.1) is 0 Å². The van der Waals surface area contributed by atoms with Crippen molar-refractivity contribution < 1.29 is 28.9 Å². The first-order valence-electron chi connectivity index (χ1n) is 11.3. The zero-order chi connectivity index (χ0) is 26.2. The van der Waals surface area contributed by atoms with Gasteiger partial charge in [-0.3, -0.25) is 4.57 Å². The summed E-state index contributed by atoms with van der Waals surface area (Å²) in [7, 11) is -5.82. The Bertz CT molecular complexity index is 1220. The molecular weight excluding hydrogens is 482 g/mol. The van der Waals surface area contributed by atoms with E-state index >= 15 is 0 Å². The van der Waals surface area contributed by atoms with Crippen molar-refractivity contribution in [3.8, 4) is 22.6 Å². The van der Waals surface area contributed by atoms with E-state index in [0.29, 0.717) is 11.5 Å². The van der Waals surface area contributed by atoms with Crippen LogP contribution in [0.3, 0.4) is 0 Å². The molecule has 3 aromatic carbocycles. The third-order valence-electron chi connectivity index (χ3n) is 5.87. The van der Waals surface area contributed by atoms with Gasteiger partial charge in [0, 0.05) is 5.56 Å². The van der Waals surface area contributed by atoms with Crippen molar-refractivity contribution in [2.24, 2.45) is 0 Å². The Morgan fingerprint density at radius 1 is 0.800 bits per heavy atom. The first-order chi connectivity index (χ1) is 16.1. The van der Waals surface area contributed by atoms with Crippen LogP contribution in [0.5, 0.6) is 11.5 Å². The minimum Gasteiger partial charge on any atom is -0.507 e. The fraction of sp³-hybridized carbons (Fsp3) is 0.333. The summed E-state index contributed by atoms with van der Waals surface area (Å²) in [4.78, 5) is 21.7. The topological polar surface area (TPSA) is 107 Å². The lowest BCUT2D eigenvalue weighted by molar-refractivity contribution is 0.368. The van der Waals surface area contributed by atoms with Crippen LogP contribution in [-0.4, -0.2) is 19.8 Å². The maximum absolute atomic E-state index is 14.3. The van der Waals surface area contributed by atoms with Crippen LogP contribution in [0.1, 0.15) is 58.2 Å². The van der Waals surface area contributed by atoms with Gasteiger partial charge in [-0.2, -0.15) is 0 Å². The van der Waals surface area contributed by atoms with Gasteiger partial charge in [0.1, 0.15) is 11.5 Å². The number of phenols is 1. The van der Waals surface area contributed by atoms with Gasteiger partial charge < -0.3 is 24.3 Å². The number of hydrogen-bond donors (Lipinski definition) is 4. The van der Waals surface area contributed by atoms with E-state index in [1.807, 2.05) is 60.7 Å². The van der Waals surface area contributed by atoms with Crippen molar-refractivity contribution in [3.63, 3.8) is 0 Å². The molecule has 0 saturated heterocycles. The third kappa shape index (κ3) is 6.14. The molecule has 0 bridgehead atoms. The van der Waals surface area contributed by atoms with E-state index in [4.69, 9.17) is 19.2 Å². The number of rotatable bonds is 2. The first-order valence-corrected chi connectivity index (χ1v) is 14.4. The minimum atomic E-state index is -3.20. The fourth-order valence-electron chi connectivity index (χ4n) is 4.26. The largest absolute Gasteiger partial charge is 0.507 e. The summed E-state index contributed by atoms with van der Waals surface area (Å²) in [5, 5.41) is 11.8. The monoisotopic (exact) mass is 516 g/mol. The molecule has 0 fully saturated rings. The molecule has 4 rings (SSSR count). The Hall–Kier alpha value is -2.20. The summed E-state index contributed by atoms with van der Waals surface area (Å²) >= 11 is 0. The van der Waals surface area contributed by atoms with E-state index in [0.717, 1.165) is 33.1 Å². The smallest absolute Gasteiger partial charge is 0.324 e. The molecule has 0 amide bonds. The number of benzene rings is 3. The second kappa shape index (κ2) is 10.0. The molecule has 8 heteroatoms. The Morgan fingerprint density at radius 3 is 1.77 bits per heavy atom. The highest BCUT2D eigenvalue weighted by Crippen LogP contribution is 2.57. The molecule has 1 unspecified atom stereocenters. The van der Waals surface area contributed by atoms with Crippen molar-refractivity contribution in [3.05, 3.63) is 77.4 Å². The van der Waals surface area contributed by atoms with Crippen LogP contribution >= 0.6 is 16.0 Å². The zero-order valence-electron chi connectivity index (χ0n) is 21.0. The molecule has 3 aromatic rings. The van der Waals surface area contributed by atoms with Crippen molar-refractivity contribution in [2.45, 2.75) is 58.5 Å². The molecule has 188 valence electrons. The lowest BCUT2D eigenvalue weighted by Crippen LogP contribution is -2.21. The Morgan fingerprint density at radius 2 is 1.26 bits per heavy atom. The summed E-state index contributed by atoms with van der Waals surface area (Å²) < 4.78 is 20.5. The average Bonchev–Trinajstić information content (AvgIpc) is 2.73. The van der Waals surface area contributed by atoms with Crippen LogP contribution in [0, 0.1) is 0 Å². The molecule has 1 aliphatic heterocycles. The van der Waals surface area contributed by atoms with Crippen molar-refractivity contribution in [1.29, 1.82) is 0 Å². The predicted molar refractivity (Wildman–Crippen MR) is 143 cm³/mol. The van der Waals surface area contributed by atoms with Crippen LogP contribution in [0.2, 0.25) is 0 Å². The van der Waals surface area contributed by atoms with Gasteiger partial charge in [0.05, 0.1) is 11.5 Å². The number of hydrogen-bond acceptors (Lipinski definition) is 6. The number of aromatic hydroxyl groups is 1.